The molecule has 1 heterocycles. The quantitative estimate of drug-likeness (QED) is 0.487. The molecule has 1 aliphatic rings. The van der Waals surface area contributed by atoms with Crippen molar-refractivity contribution in [3.8, 4) is 0 Å². The van der Waals surface area contributed by atoms with Crippen LogP contribution in [0, 0.1) is 5.82 Å². The fourth-order valence-corrected chi connectivity index (χ4v) is 4.20. The summed E-state index contributed by atoms with van der Waals surface area (Å²) in [4.78, 5) is 26.4. The van der Waals surface area contributed by atoms with Crippen molar-refractivity contribution in [2.45, 2.75) is 6.42 Å². The van der Waals surface area contributed by atoms with E-state index in [-0.39, 0.29) is 24.8 Å². The fourth-order valence-electron chi connectivity index (χ4n) is 2.44. The van der Waals surface area contributed by atoms with Crippen LogP contribution in [0.1, 0.15) is 12.0 Å². The van der Waals surface area contributed by atoms with Gasteiger partial charge in [-0.15, -0.1) is 0 Å². The Balaban J connectivity index is 1.63. The van der Waals surface area contributed by atoms with Crippen molar-refractivity contribution in [3.05, 3.63) is 68.8 Å². The van der Waals surface area contributed by atoms with Crippen LogP contribution in [0.15, 0.2) is 47.4 Å². The van der Waals surface area contributed by atoms with Crippen LogP contribution in [0.25, 0.3) is 6.08 Å². The average Bonchev–Trinajstić information content (AvgIpc) is 2.91. The van der Waals surface area contributed by atoms with Gasteiger partial charge in [-0.3, -0.25) is 14.5 Å². The summed E-state index contributed by atoms with van der Waals surface area (Å²) in [5.41, 5.74) is 0.735. The Morgan fingerprint density at radius 3 is 2.71 bits per heavy atom. The number of amides is 2. The summed E-state index contributed by atoms with van der Waals surface area (Å²) < 4.78 is 14.1. The summed E-state index contributed by atoms with van der Waals surface area (Å²) >= 11 is 18.2. The monoisotopic (exact) mass is 454 g/mol. The fraction of sp³-hybridized carbons (Fsp3) is 0.105. The van der Waals surface area contributed by atoms with Crippen LogP contribution in [-0.2, 0) is 9.59 Å². The van der Waals surface area contributed by atoms with Gasteiger partial charge in [0.25, 0.3) is 5.91 Å². The average molecular weight is 455 g/mol. The van der Waals surface area contributed by atoms with Crippen LogP contribution in [0.5, 0.6) is 0 Å². The minimum Gasteiger partial charge on any atom is -0.325 e. The number of benzene rings is 2. The lowest BCUT2D eigenvalue weighted by atomic mass is 10.2. The van der Waals surface area contributed by atoms with Gasteiger partial charge in [0.2, 0.25) is 5.91 Å². The summed E-state index contributed by atoms with van der Waals surface area (Å²) in [6.45, 7) is 0.107. The lowest BCUT2D eigenvalue weighted by Gasteiger charge is -2.14. The predicted molar refractivity (Wildman–Crippen MR) is 116 cm³/mol. The van der Waals surface area contributed by atoms with E-state index in [9.17, 15) is 14.0 Å². The first-order chi connectivity index (χ1) is 13.3. The summed E-state index contributed by atoms with van der Waals surface area (Å²) in [5.74, 6) is -1.10. The Labute approximate surface area is 180 Å². The van der Waals surface area contributed by atoms with Crippen LogP contribution >= 0.6 is 47.2 Å². The number of hydrogen-bond donors (Lipinski definition) is 1. The minimum absolute atomic E-state index is 0.0262. The molecular formula is C19H13Cl2FN2O2S2. The molecule has 3 rings (SSSR count). The molecule has 0 aromatic heterocycles. The van der Waals surface area contributed by atoms with Gasteiger partial charge in [-0.05, 0) is 30.3 Å². The Bertz CT molecular complexity index is 998. The Hall–Kier alpha value is -1.93. The van der Waals surface area contributed by atoms with Crippen LogP contribution in [0.2, 0.25) is 10.0 Å². The molecule has 0 unspecified atom stereocenters. The SMILES string of the molecule is O=C(CCN1C(=O)/C(=C\c2ccccc2F)SC1=S)Nc1ccc(Cl)cc1Cl. The number of nitrogens with one attached hydrogen (secondary N) is 1. The molecule has 9 heteroatoms. The van der Waals surface area contributed by atoms with Crippen molar-refractivity contribution >= 4 is 75.1 Å². The van der Waals surface area contributed by atoms with Gasteiger partial charge in [-0.2, -0.15) is 0 Å². The molecular weight excluding hydrogens is 442 g/mol. The number of anilines is 1. The van der Waals surface area contributed by atoms with Crippen molar-refractivity contribution in [1.82, 2.24) is 4.90 Å². The van der Waals surface area contributed by atoms with Gasteiger partial charge in [0.15, 0.2) is 0 Å². The molecule has 1 saturated heterocycles. The lowest BCUT2D eigenvalue weighted by Crippen LogP contribution is -2.31. The third-order valence-electron chi connectivity index (χ3n) is 3.83. The molecule has 2 aromatic carbocycles. The highest BCUT2D eigenvalue weighted by Crippen LogP contribution is 2.33. The zero-order chi connectivity index (χ0) is 20.3. The minimum atomic E-state index is -0.424. The van der Waals surface area contributed by atoms with Gasteiger partial charge in [-0.25, -0.2) is 4.39 Å². The first-order valence-electron chi connectivity index (χ1n) is 8.10. The normalized spacial score (nSPS) is 15.4. The number of nitrogens with zero attached hydrogens (tertiary/aromatic N) is 1. The van der Waals surface area contributed by atoms with Crippen LogP contribution < -0.4 is 5.32 Å². The zero-order valence-corrected chi connectivity index (χ0v) is 17.4. The summed E-state index contributed by atoms with van der Waals surface area (Å²) in [6, 6.07) is 10.9. The maximum atomic E-state index is 13.8. The smallest absolute Gasteiger partial charge is 0.266 e. The maximum absolute atomic E-state index is 13.8. The van der Waals surface area contributed by atoms with Crippen molar-refractivity contribution in [2.75, 3.05) is 11.9 Å². The molecule has 1 fully saturated rings. The molecule has 0 saturated carbocycles. The van der Waals surface area contributed by atoms with Gasteiger partial charge in [0, 0.05) is 23.6 Å². The van der Waals surface area contributed by atoms with E-state index in [1.165, 1.54) is 23.1 Å². The van der Waals surface area contributed by atoms with Crippen molar-refractivity contribution < 1.29 is 14.0 Å². The molecule has 0 radical (unpaired) electrons. The maximum Gasteiger partial charge on any atom is 0.266 e. The van der Waals surface area contributed by atoms with E-state index in [0.717, 1.165) is 11.8 Å². The van der Waals surface area contributed by atoms with E-state index in [1.807, 2.05) is 0 Å². The second kappa shape index (κ2) is 9.05. The molecule has 4 nitrogen and oxygen atoms in total. The van der Waals surface area contributed by atoms with Crippen LogP contribution in [0.3, 0.4) is 0 Å². The molecule has 1 aliphatic heterocycles. The van der Waals surface area contributed by atoms with Gasteiger partial charge in [0.1, 0.15) is 10.1 Å². The number of carbonyl (C=O) groups excluding carboxylic acids is 2. The molecule has 1 N–H and O–H groups in total. The molecule has 144 valence electrons. The third kappa shape index (κ3) is 4.91. The van der Waals surface area contributed by atoms with Gasteiger partial charge in [-0.1, -0.05) is 65.4 Å². The van der Waals surface area contributed by atoms with Crippen LogP contribution in [-0.4, -0.2) is 27.6 Å². The molecule has 0 atom stereocenters. The number of carbonyl (C=O) groups is 2. The summed E-state index contributed by atoms with van der Waals surface area (Å²) in [5, 5.41) is 3.45. The largest absolute Gasteiger partial charge is 0.325 e. The third-order valence-corrected chi connectivity index (χ3v) is 5.76. The zero-order valence-electron chi connectivity index (χ0n) is 14.2. The lowest BCUT2D eigenvalue weighted by molar-refractivity contribution is -0.122. The van der Waals surface area contributed by atoms with Gasteiger partial charge >= 0.3 is 0 Å². The second-order valence-electron chi connectivity index (χ2n) is 5.78. The van der Waals surface area contributed by atoms with Crippen molar-refractivity contribution in [1.29, 1.82) is 0 Å². The number of thiocarbonyl (C=S) groups is 1. The molecule has 28 heavy (non-hydrogen) atoms. The predicted octanol–water partition coefficient (Wildman–Crippen LogP) is 5.36. The Kier molecular flexibility index (Phi) is 6.72. The van der Waals surface area contributed by atoms with E-state index in [2.05, 4.69) is 5.32 Å². The van der Waals surface area contributed by atoms with E-state index >= 15 is 0 Å². The first-order valence-corrected chi connectivity index (χ1v) is 10.1. The van der Waals surface area contributed by atoms with E-state index in [0.29, 0.717) is 30.5 Å². The number of rotatable bonds is 5. The highest BCUT2D eigenvalue weighted by Gasteiger charge is 2.32. The van der Waals surface area contributed by atoms with Crippen molar-refractivity contribution in [2.24, 2.45) is 0 Å². The molecule has 0 bridgehead atoms. The molecule has 0 spiro atoms. The first kappa shape index (κ1) is 20.8. The Morgan fingerprint density at radius 1 is 1.25 bits per heavy atom. The van der Waals surface area contributed by atoms with Crippen LogP contribution in [0.4, 0.5) is 10.1 Å². The van der Waals surface area contributed by atoms with E-state index < -0.39 is 5.82 Å². The number of halogens is 3. The summed E-state index contributed by atoms with van der Waals surface area (Å²) in [6.07, 6.45) is 1.49. The van der Waals surface area contributed by atoms with Gasteiger partial charge in [0.05, 0.1) is 15.6 Å². The topological polar surface area (TPSA) is 49.4 Å². The van der Waals surface area contributed by atoms with Gasteiger partial charge < -0.3 is 5.32 Å². The van der Waals surface area contributed by atoms with E-state index in [1.54, 1.807) is 30.3 Å². The number of thioether (sulfide) groups is 1. The summed E-state index contributed by atoms with van der Waals surface area (Å²) in [7, 11) is 0. The second-order valence-corrected chi connectivity index (χ2v) is 8.30. The standard InChI is InChI=1S/C19H13Cl2FN2O2S2/c20-12-5-6-15(13(21)10-12)23-17(25)7-8-24-18(26)16(28-19(24)27)9-11-3-1-2-4-14(11)22/h1-6,9-10H,7-8H2,(H,23,25)/b16-9+. The molecule has 2 amide bonds. The molecule has 0 aliphatic carbocycles. The molecule has 2 aromatic rings. The highest BCUT2D eigenvalue weighted by atomic mass is 35.5. The highest BCUT2D eigenvalue weighted by molar-refractivity contribution is 8.26. The van der Waals surface area contributed by atoms with E-state index in [4.69, 9.17) is 35.4 Å². The Morgan fingerprint density at radius 2 is 2.00 bits per heavy atom. The van der Waals surface area contributed by atoms with Crippen molar-refractivity contribution in [3.63, 3.8) is 0 Å². The number of hydrogen-bond acceptors (Lipinski definition) is 4.